The molecule has 0 spiro atoms. The number of aryl methyl sites for hydroxylation is 1. The summed E-state index contributed by atoms with van der Waals surface area (Å²) in [5.74, 6) is -0.760. The summed E-state index contributed by atoms with van der Waals surface area (Å²) in [5.41, 5.74) is 1.92. The Labute approximate surface area is 111 Å². The van der Waals surface area contributed by atoms with Crippen LogP contribution in [0.3, 0.4) is 0 Å². The van der Waals surface area contributed by atoms with Crippen molar-refractivity contribution in [2.45, 2.75) is 20.4 Å². The molecule has 0 saturated heterocycles. The van der Waals surface area contributed by atoms with Gasteiger partial charge in [-0.3, -0.25) is 4.79 Å². The number of benzene rings is 1. The Kier molecular flexibility index (Phi) is 5.60. The van der Waals surface area contributed by atoms with Gasteiger partial charge in [0.2, 0.25) is 5.91 Å². The molecule has 0 unspecified atom stereocenters. The van der Waals surface area contributed by atoms with Crippen LogP contribution < -0.4 is 10.1 Å². The second-order valence-corrected chi connectivity index (χ2v) is 3.92. The molecule has 0 aliphatic carbocycles. The lowest BCUT2D eigenvalue weighted by Crippen LogP contribution is -2.20. The first-order valence-electron chi connectivity index (χ1n) is 5.94. The van der Waals surface area contributed by atoms with Gasteiger partial charge in [0.25, 0.3) is 0 Å². The summed E-state index contributed by atoms with van der Waals surface area (Å²) in [5, 5.41) is 11.0. The van der Waals surface area contributed by atoms with E-state index in [1.165, 1.54) is 0 Å². The Morgan fingerprint density at radius 1 is 1.37 bits per heavy atom. The third-order valence-electron chi connectivity index (χ3n) is 2.38. The van der Waals surface area contributed by atoms with E-state index < -0.39 is 11.9 Å². The van der Waals surface area contributed by atoms with Gasteiger partial charge in [-0.2, -0.15) is 0 Å². The molecule has 2 N–H and O–H groups in total. The lowest BCUT2D eigenvalue weighted by molar-refractivity contribution is -0.131. The molecule has 0 fully saturated rings. The Morgan fingerprint density at radius 3 is 2.68 bits per heavy atom. The maximum absolute atomic E-state index is 11.3. The highest BCUT2D eigenvalue weighted by atomic mass is 16.5. The van der Waals surface area contributed by atoms with Crippen molar-refractivity contribution in [3.63, 3.8) is 0 Å². The molecule has 0 radical (unpaired) electrons. The average Bonchev–Trinajstić information content (AvgIpc) is 2.37. The molecule has 5 nitrogen and oxygen atoms in total. The zero-order valence-electron chi connectivity index (χ0n) is 11.0. The fourth-order valence-corrected chi connectivity index (χ4v) is 1.53. The van der Waals surface area contributed by atoms with E-state index in [1.807, 2.05) is 32.0 Å². The lowest BCUT2D eigenvalue weighted by atomic mass is 10.1. The number of carboxylic acid groups (broad SMARTS) is 1. The number of rotatable bonds is 6. The second-order valence-electron chi connectivity index (χ2n) is 3.92. The van der Waals surface area contributed by atoms with Crippen LogP contribution >= 0.6 is 0 Å². The summed E-state index contributed by atoms with van der Waals surface area (Å²) < 4.78 is 5.42. The largest absolute Gasteiger partial charge is 0.494 e. The third kappa shape index (κ3) is 5.25. The van der Waals surface area contributed by atoms with Gasteiger partial charge < -0.3 is 15.2 Å². The summed E-state index contributed by atoms with van der Waals surface area (Å²) in [4.78, 5) is 21.5. The van der Waals surface area contributed by atoms with Gasteiger partial charge in [0, 0.05) is 18.7 Å². The number of carboxylic acids is 1. The molecule has 0 aliphatic rings. The minimum absolute atomic E-state index is 0.343. The monoisotopic (exact) mass is 263 g/mol. The van der Waals surface area contributed by atoms with Crippen molar-refractivity contribution in [1.29, 1.82) is 0 Å². The lowest BCUT2D eigenvalue weighted by Gasteiger charge is -2.09. The van der Waals surface area contributed by atoms with Crippen LogP contribution in [0.5, 0.6) is 5.75 Å². The van der Waals surface area contributed by atoms with Crippen LogP contribution in [0, 0.1) is 6.92 Å². The zero-order chi connectivity index (χ0) is 14.3. The van der Waals surface area contributed by atoms with E-state index >= 15 is 0 Å². The molecule has 1 aromatic rings. The van der Waals surface area contributed by atoms with Gasteiger partial charge in [-0.25, -0.2) is 4.79 Å². The van der Waals surface area contributed by atoms with Gasteiger partial charge in [-0.15, -0.1) is 0 Å². The summed E-state index contributed by atoms with van der Waals surface area (Å²) in [6.07, 6.45) is 1.79. The van der Waals surface area contributed by atoms with E-state index in [-0.39, 0.29) is 0 Å². The average molecular weight is 263 g/mol. The highest BCUT2D eigenvalue weighted by molar-refractivity contribution is 5.93. The number of carbonyl (C=O) groups excluding carboxylic acids is 1. The standard InChI is InChI=1S/C14H17NO4/c1-3-19-12-5-4-11(8-10(12)2)9-15-13(16)6-7-14(17)18/h4-8H,3,9H2,1-2H3,(H,15,16)(H,17,18)/b7-6+. The van der Waals surface area contributed by atoms with E-state index in [2.05, 4.69) is 5.32 Å². The predicted octanol–water partition coefficient (Wildman–Crippen LogP) is 1.65. The molecule has 0 atom stereocenters. The third-order valence-corrected chi connectivity index (χ3v) is 2.38. The van der Waals surface area contributed by atoms with Crippen molar-refractivity contribution < 1.29 is 19.4 Å². The normalized spacial score (nSPS) is 10.4. The molecule has 0 aromatic heterocycles. The highest BCUT2D eigenvalue weighted by Crippen LogP contribution is 2.18. The first-order valence-corrected chi connectivity index (χ1v) is 5.94. The molecule has 5 heteroatoms. The van der Waals surface area contributed by atoms with Crippen LogP contribution in [-0.2, 0) is 16.1 Å². The molecule has 0 aliphatic heterocycles. The second kappa shape index (κ2) is 7.20. The minimum Gasteiger partial charge on any atom is -0.494 e. The number of hydrogen-bond donors (Lipinski definition) is 2. The Balaban J connectivity index is 2.56. The molecular formula is C14H17NO4. The Hall–Kier alpha value is -2.30. The number of nitrogens with one attached hydrogen (secondary N) is 1. The van der Waals surface area contributed by atoms with E-state index in [0.717, 1.165) is 29.0 Å². The smallest absolute Gasteiger partial charge is 0.328 e. The van der Waals surface area contributed by atoms with Crippen LogP contribution in [0.4, 0.5) is 0 Å². The number of ether oxygens (including phenoxy) is 1. The number of aliphatic carboxylic acids is 1. The van der Waals surface area contributed by atoms with E-state index in [4.69, 9.17) is 9.84 Å². The van der Waals surface area contributed by atoms with Gasteiger partial charge in [0.1, 0.15) is 5.75 Å². The Bertz CT molecular complexity index is 494. The number of hydrogen-bond acceptors (Lipinski definition) is 3. The van der Waals surface area contributed by atoms with Crippen LogP contribution in [0.1, 0.15) is 18.1 Å². The molecule has 1 amide bonds. The van der Waals surface area contributed by atoms with Crippen molar-refractivity contribution in [3.8, 4) is 5.75 Å². The highest BCUT2D eigenvalue weighted by Gasteiger charge is 2.02. The van der Waals surface area contributed by atoms with Crippen LogP contribution in [0.25, 0.3) is 0 Å². The van der Waals surface area contributed by atoms with Crippen LogP contribution in [0.15, 0.2) is 30.4 Å². The topological polar surface area (TPSA) is 75.6 Å². The van der Waals surface area contributed by atoms with Crippen LogP contribution in [-0.4, -0.2) is 23.6 Å². The predicted molar refractivity (Wildman–Crippen MR) is 71.0 cm³/mol. The first-order chi connectivity index (χ1) is 9.02. The summed E-state index contributed by atoms with van der Waals surface area (Å²) >= 11 is 0. The summed E-state index contributed by atoms with van der Waals surface area (Å²) in [7, 11) is 0. The Morgan fingerprint density at radius 2 is 2.11 bits per heavy atom. The molecular weight excluding hydrogens is 246 g/mol. The number of amides is 1. The van der Waals surface area contributed by atoms with E-state index in [0.29, 0.717) is 13.2 Å². The summed E-state index contributed by atoms with van der Waals surface area (Å²) in [6.45, 7) is 4.80. The first kappa shape index (κ1) is 14.8. The molecule has 19 heavy (non-hydrogen) atoms. The van der Waals surface area contributed by atoms with Gasteiger partial charge in [0.05, 0.1) is 6.61 Å². The van der Waals surface area contributed by atoms with Gasteiger partial charge in [0.15, 0.2) is 0 Å². The SMILES string of the molecule is CCOc1ccc(CNC(=O)/C=C/C(=O)O)cc1C. The summed E-state index contributed by atoms with van der Waals surface area (Å²) in [6, 6.07) is 5.64. The van der Waals surface area contributed by atoms with Crippen molar-refractivity contribution in [2.75, 3.05) is 6.61 Å². The fourth-order valence-electron chi connectivity index (χ4n) is 1.53. The van der Waals surface area contributed by atoms with Gasteiger partial charge in [-0.1, -0.05) is 12.1 Å². The molecule has 0 bridgehead atoms. The molecule has 102 valence electrons. The molecule has 0 heterocycles. The van der Waals surface area contributed by atoms with E-state index in [1.54, 1.807) is 0 Å². The van der Waals surface area contributed by atoms with Crippen molar-refractivity contribution in [1.82, 2.24) is 5.32 Å². The quantitative estimate of drug-likeness (QED) is 0.765. The molecule has 0 saturated carbocycles. The van der Waals surface area contributed by atoms with Crippen molar-refractivity contribution in [2.24, 2.45) is 0 Å². The fraction of sp³-hybridized carbons (Fsp3) is 0.286. The van der Waals surface area contributed by atoms with Crippen molar-refractivity contribution >= 4 is 11.9 Å². The van der Waals surface area contributed by atoms with Crippen LogP contribution in [0.2, 0.25) is 0 Å². The zero-order valence-corrected chi connectivity index (χ0v) is 11.0. The molecule has 1 rings (SSSR count). The maximum Gasteiger partial charge on any atom is 0.328 e. The minimum atomic E-state index is -1.15. The van der Waals surface area contributed by atoms with Gasteiger partial charge >= 0.3 is 5.97 Å². The van der Waals surface area contributed by atoms with Crippen molar-refractivity contribution in [3.05, 3.63) is 41.5 Å². The molecule has 1 aromatic carbocycles. The van der Waals surface area contributed by atoms with Gasteiger partial charge in [-0.05, 0) is 31.0 Å². The number of carbonyl (C=O) groups is 2. The maximum atomic E-state index is 11.3. The van der Waals surface area contributed by atoms with E-state index in [9.17, 15) is 9.59 Å².